The lowest BCUT2D eigenvalue weighted by Crippen LogP contribution is -2.14. The van der Waals surface area contributed by atoms with Gasteiger partial charge in [0.05, 0.1) is 23.3 Å². The maximum atomic E-state index is 12.6. The van der Waals surface area contributed by atoms with E-state index in [1.165, 1.54) is 0 Å². The van der Waals surface area contributed by atoms with Gasteiger partial charge in [-0.1, -0.05) is 22.9 Å². The fourth-order valence-electron chi connectivity index (χ4n) is 2.75. The van der Waals surface area contributed by atoms with Gasteiger partial charge in [0.15, 0.2) is 11.3 Å². The lowest BCUT2D eigenvalue weighted by atomic mass is 10.2. The van der Waals surface area contributed by atoms with Gasteiger partial charge in [0, 0.05) is 11.1 Å². The van der Waals surface area contributed by atoms with E-state index in [1.54, 1.807) is 10.9 Å². The Morgan fingerprint density at radius 1 is 1.15 bits per heavy atom. The lowest BCUT2D eigenvalue weighted by Gasteiger charge is -2.05. The van der Waals surface area contributed by atoms with Gasteiger partial charge in [-0.25, -0.2) is 9.67 Å². The molecule has 0 unspecified atom stereocenters. The van der Waals surface area contributed by atoms with Crippen molar-refractivity contribution < 1.29 is 4.79 Å². The summed E-state index contributed by atoms with van der Waals surface area (Å²) in [5.41, 5.74) is 5.04. The van der Waals surface area contributed by atoms with Crippen molar-refractivity contribution in [1.29, 1.82) is 0 Å². The minimum atomic E-state index is -0.330. The zero-order valence-electron chi connectivity index (χ0n) is 14.6. The predicted octanol–water partition coefficient (Wildman–Crippen LogP) is 2.72. The largest absolute Gasteiger partial charge is 0.319 e. The number of fused-ring (bicyclic) bond motifs is 1. The van der Waals surface area contributed by atoms with E-state index in [0.29, 0.717) is 17.0 Å². The average molecular weight is 347 g/mol. The second-order valence-electron chi connectivity index (χ2n) is 6.17. The number of H-pyrrole nitrogens is 1. The molecule has 0 radical (unpaired) electrons. The maximum absolute atomic E-state index is 12.6. The molecule has 8 heteroatoms. The highest BCUT2D eigenvalue weighted by Crippen LogP contribution is 2.19. The second-order valence-corrected chi connectivity index (χ2v) is 6.17. The maximum Gasteiger partial charge on any atom is 0.278 e. The van der Waals surface area contributed by atoms with Gasteiger partial charge >= 0.3 is 0 Å². The van der Waals surface area contributed by atoms with Crippen LogP contribution in [0.15, 0.2) is 36.5 Å². The number of anilines is 1. The Kier molecular flexibility index (Phi) is 3.72. The molecule has 130 valence electrons. The van der Waals surface area contributed by atoms with E-state index in [0.717, 1.165) is 22.3 Å². The number of aromatic nitrogens is 6. The fourth-order valence-corrected chi connectivity index (χ4v) is 2.75. The topological polar surface area (TPSA) is 101 Å². The number of carbonyl (C=O) groups excluding carboxylic acids is 1. The number of nitrogens with one attached hydrogen (secondary N) is 2. The number of nitrogens with zero attached hydrogens (tertiary/aromatic N) is 5. The smallest absolute Gasteiger partial charge is 0.278 e. The number of rotatable bonds is 3. The molecule has 0 bridgehead atoms. The molecule has 8 nitrogen and oxygen atoms in total. The van der Waals surface area contributed by atoms with Crippen LogP contribution in [0.2, 0.25) is 0 Å². The first-order valence-electron chi connectivity index (χ1n) is 8.14. The van der Waals surface area contributed by atoms with Crippen LogP contribution in [0.5, 0.6) is 0 Å². The number of hydrogen-bond acceptors (Lipinski definition) is 5. The summed E-state index contributed by atoms with van der Waals surface area (Å²) in [5.74, 6) is -0.330. The lowest BCUT2D eigenvalue weighted by molar-refractivity contribution is 0.102. The normalized spacial score (nSPS) is 11.0. The van der Waals surface area contributed by atoms with Gasteiger partial charge in [-0.05, 0) is 39.0 Å². The van der Waals surface area contributed by atoms with Gasteiger partial charge in [-0.15, -0.1) is 5.10 Å². The van der Waals surface area contributed by atoms with Crippen molar-refractivity contribution in [3.05, 3.63) is 59.2 Å². The van der Waals surface area contributed by atoms with Crippen molar-refractivity contribution in [2.24, 2.45) is 0 Å². The average Bonchev–Trinajstić information content (AvgIpc) is 3.19. The van der Waals surface area contributed by atoms with Crippen molar-refractivity contribution in [2.45, 2.75) is 20.8 Å². The second kappa shape index (κ2) is 6.07. The third-order valence-electron chi connectivity index (χ3n) is 4.25. The molecule has 26 heavy (non-hydrogen) atoms. The Balaban J connectivity index is 1.61. The fraction of sp³-hybridized carbons (Fsp3) is 0.167. The van der Waals surface area contributed by atoms with E-state index in [1.807, 2.05) is 51.1 Å². The van der Waals surface area contributed by atoms with Crippen molar-refractivity contribution in [3.8, 4) is 5.69 Å². The van der Waals surface area contributed by atoms with Crippen molar-refractivity contribution in [2.75, 3.05) is 5.32 Å². The summed E-state index contributed by atoms with van der Waals surface area (Å²) in [6, 6.07) is 9.70. The molecule has 4 rings (SSSR count). The van der Waals surface area contributed by atoms with Gasteiger partial charge in [0.2, 0.25) is 0 Å². The summed E-state index contributed by atoms with van der Waals surface area (Å²) in [5, 5.41) is 18.8. The third-order valence-corrected chi connectivity index (χ3v) is 4.25. The van der Waals surface area contributed by atoms with Crippen LogP contribution in [0.25, 0.3) is 16.7 Å². The molecule has 0 aliphatic heterocycles. The number of pyridine rings is 1. The Hall–Kier alpha value is -3.55. The van der Waals surface area contributed by atoms with Crippen LogP contribution in [0.3, 0.4) is 0 Å². The molecule has 0 fully saturated rings. The summed E-state index contributed by atoms with van der Waals surface area (Å²) in [6.07, 6.45) is 1.57. The summed E-state index contributed by atoms with van der Waals surface area (Å²) < 4.78 is 1.65. The monoisotopic (exact) mass is 347 g/mol. The number of hydrogen-bond donors (Lipinski definition) is 2. The minimum Gasteiger partial charge on any atom is -0.319 e. The standard InChI is InChI=1S/C18H17N7O/c1-10-4-6-14(7-5-10)25-12(3)16(22-24-25)18(26)20-13-8-15-11(2)21-23-17(15)19-9-13/h4-9H,1-3H3,(H,20,26)(H,19,21,23). The third kappa shape index (κ3) is 2.71. The highest BCUT2D eigenvalue weighted by Gasteiger charge is 2.18. The quantitative estimate of drug-likeness (QED) is 0.593. The van der Waals surface area contributed by atoms with Crippen LogP contribution < -0.4 is 5.32 Å². The molecule has 1 amide bonds. The Morgan fingerprint density at radius 2 is 1.92 bits per heavy atom. The first-order chi connectivity index (χ1) is 12.5. The highest BCUT2D eigenvalue weighted by molar-refractivity contribution is 6.04. The highest BCUT2D eigenvalue weighted by atomic mass is 16.2. The SMILES string of the molecule is Cc1ccc(-n2nnc(C(=O)Nc3cnc4n[nH]c(C)c4c3)c2C)cc1. The van der Waals surface area contributed by atoms with E-state index in [9.17, 15) is 4.79 Å². The summed E-state index contributed by atoms with van der Waals surface area (Å²) >= 11 is 0. The van der Waals surface area contributed by atoms with E-state index >= 15 is 0 Å². The zero-order chi connectivity index (χ0) is 18.3. The Morgan fingerprint density at radius 3 is 2.69 bits per heavy atom. The van der Waals surface area contributed by atoms with Crippen LogP contribution in [-0.4, -0.2) is 36.1 Å². The van der Waals surface area contributed by atoms with Crippen molar-refractivity contribution in [3.63, 3.8) is 0 Å². The molecule has 0 saturated heterocycles. The molecule has 0 aliphatic carbocycles. The summed E-state index contributed by atoms with van der Waals surface area (Å²) in [6.45, 7) is 5.74. The van der Waals surface area contributed by atoms with Crippen molar-refractivity contribution >= 4 is 22.6 Å². The van der Waals surface area contributed by atoms with Crippen LogP contribution in [0, 0.1) is 20.8 Å². The Bertz CT molecular complexity index is 1110. The van der Waals surface area contributed by atoms with Crippen LogP contribution in [-0.2, 0) is 0 Å². The molecule has 0 atom stereocenters. The van der Waals surface area contributed by atoms with Crippen LogP contribution in [0.4, 0.5) is 5.69 Å². The first-order valence-corrected chi connectivity index (χ1v) is 8.14. The molecular weight excluding hydrogens is 330 g/mol. The molecule has 0 spiro atoms. The first kappa shape index (κ1) is 15.9. The van der Waals surface area contributed by atoms with Gasteiger partial charge in [0.25, 0.3) is 5.91 Å². The number of aromatic amines is 1. The van der Waals surface area contributed by atoms with E-state index < -0.39 is 0 Å². The molecule has 4 aromatic rings. The molecule has 0 saturated carbocycles. The molecule has 3 aromatic heterocycles. The zero-order valence-corrected chi connectivity index (χ0v) is 14.6. The van der Waals surface area contributed by atoms with Crippen LogP contribution in [0.1, 0.15) is 27.4 Å². The number of aryl methyl sites for hydroxylation is 2. The molecule has 2 N–H and O–H groups in total. The van der Waals surface area contributed by atoms with E-state index in [4.69, 9.17) is 0 Å². The van der Waals surface area contributed by atoms with Crippen LogP contribution >= 0.6 is 0 Å². The molecule has 0 aliphatic rings. The van der Waals surface area contributed by atoms with E-state index in [2.05, 4.69) is 30.8 Å². The van der Waals surface area contributed by atoms with Gasteiger partial charge in [-0.3, -0.25) is 9.89 Å². The van der Waals surface area contributed by atoms with Gasteiger partial charge in [0.1, 0.15) is 0 Å². The number of carbonyl (C=O) groups is 1. The van der Waals surface area contributed by atoms with Gasteiger partial charge in [-0.2, -0.15) is 5.10 Å². The van der Waals surface area contributed by atoms with Crippen molar-refractivity contribution in [1.82, 2.24) is 30.2 Å². The number of amides is 1. The molecule has 3 heterocycles. The van der Waals surface area contributed by atoms with Gasteiger partial charge < -0.3 is 5.32 Å². The summed E-state index contributed by atoms with van der Waals surface area (Å²) in [7, 11) is 0. The summed E-state index contributed by atoms with van der Waals surface area (Å²) in [4.78, 5) is 16.8. The van der Waals surface area contributed by atoms with E-state index in [-0.39, 0.29) is 11.6 Å². The predicted molar refractivity (Wildman–Crippen MR) is 97.4 cm³/mol. The molecule has 1 aromatic carbocycles. The minimum absolute atomic E-state index is 0.273. The Labute approximate surface area is 149 Å². The number of benzene rings is 1. The molecular formula is C18H17N7O.